The summed E-state index contributed by atoms with van der Waals surface area (Å²) in [5.41, 5.74) is 2.62. The van der Waals surface area contributed by atoms with E-state index in [0.29, 0.717) is 43.3 Å². The molecule has 0 saturated carbocycles. The van der Waals surface area contributed by atoms with Crippen molar-refractivity contribution in [2.45, 2.75) is 12.8 Å². The average Bonchev–Trinajstić information content (AvgIpc) is 3.23. The molecule has 1 fully saturated rings. The van der Waals surface area contributed by atoms with Gasteiger partial charge in [-0.1, -0.05) is 30.3 Å². The number of hydrogen-bond acceptors (Lipinski definition) is 6. The molecule has 3 aromatic rings. The van der Waals surface area contributed by atoms with Gasteiger partial charge in [-0.25, -0.2) is 4.99 Å². The average molecular weight is 472 g/mol. The number of aliphatic imine (C=N–C) groups is 1. The van der Waals surface area contributed by atoms with Gasteiger partial charge >= 0.3 is 0 Å². The van der Waals surface area contributed by atoms with Crippen LogP contribution < -0.4 is 14.2 Å². The molecule has 0 bridgehead atoms. The Morgan fingerprint density at radius 3 is 2.66 bits per heavy atom. The minimum absolute atomic E-state index is 0.124. The smallest absolute Gasteiger partial charge is 0.227 e. The number of amides is 1. The number of carbonyl (C=O) groups excluding carboxylic acids is 1. The van der Waals surface area contributed by atoms with Crippen molar-refractivity contribution < 1.29 is 19.0 Å². The largest absolute Gasteiger partial charge is 0.497 e. The van der Waals surface area contributed by atoms with Crippen molar-refractivity contribution in [1.29, 1.82) is 0 Å². The zero-order valence-electron chi connectivity index (χ0n) is 20.1. The van der Waals surface area contributed by atoms with Gasteiger partial charge in [-0.15, -0.1) is 0 Å². The van der Waals surface area contributed by atoms with Crippen LogP contribution in [0, 0.1) is 0 Å². The van der Waals surface area contributed by atoms with E-state index in [1.165, 1.54) is 0 Å². The molecule has 0 aliphatic carbocycles. The molecule has 35 heavy (non-hydrogen) atoms. The molecule has 0 atom stereocenters. The first-order valence-corrected chi connectivity index (χ1v) is 11.8. The van der Waals surface area contributed by atoms with Crippen molar-refractivity contribution in [3.8, 4) is 23.0 Å². The molecule has 180 valence electrons. The molecule has 7 heteroatoms. The van der Waals surface area contributed by atoms with Gasteiger partial charge < -0.3 is 24.0 Å². The molecule has 2 aliphatic rings. The van der Waals surface area contributed by atoms with Gasteiger partial charge in [0.2, 0.25) is 5.91 Å². The van der Waals surface area contributed by atoms with Crippen molar-refractivity contribution in [2.75, 3.05) is 40.4 Å². The fourth-order valence-electron chi connectivity index (χ4n) is 4.57. The Hall–Kier alpha value is -4.00. The van der Waals surface area contributed by atoms with Crippen LogP contribution in [0.4, 0.5) is 5.69 Å². The lowest BCUT2D eigenvalue weighted by molar-refractivity contribution is -0.130. The number of ether oxygens (including phenoxy) is 3. The summed E-state index contributed by atoms with van der Waals surface area (Å²) in [6.07, 6.45) is 1.21. The maximum absolute atomic E-state index is 13.1. The number of benzene rings is 3. The number of fused-ring (bicyclic) bond motifs is 2. The van der Waals surface area contributed by atoms with E-state index in [9.17, 15) is 4.79 Å². The molecule has 5 rings (SSSR count). The SMILES string of the molecule is COc1cccc(CC(=O)N2CCCN(C3=Nc4ccccc4Oc4c(OC)cccc43)CC2)c1. The highest BCUT2D eigenvalue weighted by molar-refractivity contribution is 6.04. The molecule has 2 aliphatic heterocycles. The topological polar surface area (TPSA) is 63.6 Å². The number of methoxy groups -OCH3 is 2. The predicted molar refractivity (Wildman–Crippen MR) is 135 cm³/mol. The first kappa shape index (κ1) is 22.8. The summed E-state index contributed by atoms with van der Waals surface area (Å²) in [6, 6.07) is 21.3. The molecule has 1 saturated heterocycles. The fourth-order valence-corrected chi connectivity index (χ4v) is 4.57. The third-order valence-electron chi connectivity index (χ3n) is 6.38. The molecule has 0 unspecified atom stereocenters. The number of hydrogen-bond donors (Lipinski definition) is 0. The van der Waals surface area contributed by atoms with E-state index in [1.54, 1.807) is 14.2 Å². The molecular weight excluding hydrogens is 442 g/mol. The first-order chi connectivity index (χ1) is 17.2. The van der Waals surface area contributed by atoms with Gasteiger partial charge in [0.15, 0.2) is 17.2 Å². The summed E-state index contributed by atoms with van der Waals surface area (Å²) in [5.74, 6) is 3.74. The van der Waals surface area contributed by atoms with E-state index in [0.717, 1.165) is 41.4 Å². The normalized spacial score (nSPS) is 15.1. The van der Waals surface area contributed by atoms with Crippen LogP contribution >= 0.6 is 0 Å². The maximum atomic E-state index is 13.1. The summed E-state index contributed by atoms with van der Waals surface area (Å²) in [7, 11) is 3.28. The molecule has 7 nitrogen and oxygen atoms in total. The third-order valence-corrected chi connectivity index (χ3v) is 6.38. The summed E-state index contributed by atoms with van der Waals surface area (Å²) in [5, 5.41) is 0. The van der Waals surface area contributed by atoms with Crippen molar-refractivity contribution >= 4 is 17.4 Å². The predicted octanol–water partition coefficient (Wildman–Crippen LogP) is 4.66. The number of amidine groups is 1. The minimum Gasteiger partial charge on any atom is -0.497 e. The molecule has 3 aromatic carbocycles. The summed E-state index contributed by atoms with van der Waals surface area (Å²) in [4.78, 5) is 22.3. The van der Waals surface area contributed by atoms with Crippen LogP contribution in [-0.2, 0) is 11.2 Å². The summed E-state index contributed by atoms with van der Waals surface area (Å²) >= 11 is 0. The Kier molecular flexibility index (Phi) is 6.57. The standard InChI is InChI=1S/C28H29N3O4/c1-33-21-9-5-8-20(18-21)19-26(32)30-14-7-15-31(17-16-30)28-22-10-6-13-25(34-2)27(22)35-24-12-4-3-11-23(24)29-28/h3-6,8-13,18H,7,14-17,19H2,1-2H3. The Labute approximate surface area is 205 Å². The first-order valence-electron chi connectivity index (χ1n) is 11.8. The van der Waals surface area contributed by atoms with Gasteiger partial charge in [-0.3, -0.25) is 4.79 Å². The second-order valence-corrected chi connectivity index (χ2v) is 8.59. The van der Waals surface area contributed by atoms with E-state index in [-0.39, 0.29) is 5.91 Å². The van der Waals surface area contributed by atoms with E-state index in [1.807, 2.05) is 71.6 Å². The Morgan fingerprint density at radius 1 is 0.943 bits per heavy atom. The van der Waals surface area contributed by atoms with E-state index in [2.05, 4.69) is 4.90 Å². The monoisotopic (exact) mass is 471 g/mol. The zero-order chi connectivity index (χ0) is 24.2. The van der Waals surface area contributed by atoms with Crippen LogP contribution in [0.2, 0.25) is 0 Å². The molecule has 0 N–H and O–H groups in total. The zero-order valence-corrected chi connectivity index (χ0v) is 20.1. The Bertz CT molecular complexity index is 1260. The molecule has 1 amide bonds. The van der Waals surface area contributed by atoms with Gasteiger partial charge in [0.1, 0.15) is 17.3 Å². The van der Waals surface area contributed by atoms with Gasteiger partial charge in [0.25, 0.3) is 0 Å². The summed E-state index contributed by atoms with van der Waals surface area (Å²) < 4.78 is 17.2. The van der Waals surface area contributed by atoms with Crippen LogP contribution in [0.3, 0.4) is 0 Å². The number of carbonyl (C=O) groups is 1. The highest BCUT2D eigenvalue weighted by atomic mass is 16.5. The third kappa shape index (κ3) is 4.80. The van der Waals surface area contributed by atoms with Crippen LogP contribution in [0.1, 0.15) is 17.5 Å². The van der Waals surface area contributed by atoms with Crippen molar-refractivity contribution in [3.05, 3.63) is 77.9 Å². The van der Waals surface area contributed by atoms with Gasteiger partial charge in [0.05, 0.1) is 26.2 Å². The van der Waals surface area contributed by atoms with Gasteiger partial charge in [0, 0.05) is 26.2 Å². The van der Waals surface area contributed by atoms with Crippen LogP contribution in [-0.4, -0.2) is 61.9 Å². The van der Waals surface area contributed by atoms with Crippen molar-refractivity contribution in [3.63, 3.8) is 0 Å². The lowest BCUT2D eigenvalue weighted by atomic mass is 10.1. The lowest BCUT2D eigenvalue weighted by Crippen LogP contribution is -2.38. The lowest BCUT2D eigenvalue weighted by Gasteiger charge is -2.25. The molecule has 0 aromatic heterocycles. The van der Waals surface area contributed by atoms with Gasteiger partial charge in [-0.05, 0) is 48.4 Å². The number of rotatable bonds is 4. The van der Waals surface area contributed by atoms with E-state index < -0.39 is 0 Å². The molecule has 2 heterocycles. The molecule has 0 spiro atoms. The molecular formula is C28H29N3O4. The Morgan fingerprint density at radius 2 is 1.80 bits per heavy atom. The molecule has 0 radical (unpaired) electrons. The highest BCUT2D eigenvalue weighted by Gasteiger charge is 2.27. The van der Waals surface area contributed by atoms with Gasteiger partial charge in [-0.2, -0.15) is 0 Å². The van der Waals surface area contributed by atoms with E-state index >= 15 is 0 Å². The Balaban J connectivity index is 1.39. The maximum Gasteiger partial charge on any atom is 0.227 e. The van der Waals surface area contributed by atoms with Crippen molar-refractivity contribution in [2.24, 2.45) is 4.99 Å². The number of para-hydroxylation sites is 3. The minimum atomic E-state index is 0.124. The second-order valence-electron chi connectivity index (χ2n) is 8.59. The highest BCUT2D eigenvalue weighted by Crippen LogP contribution is 2.42. The van der Waals surface area contributed by atoms with Crippen LogP contribution in [0.25, 0.3) is 0 Å². The van der Waals surface area contributed by atoms with Crippen LogP contribution in [0.15, 0.2) is 71.7 Å². The fraction of sp³-hybridized carbons (Fsp3) is 0.286. The van der Waals surface area contributed by atoms with E-state index in [4.69, 9.17) is 19.2 Å². The quantitative estimate of drug-likeness (QED) is 0.554. The summed E-state index contributed by atoms with van der Waals surface area (Å²) in [6.45, 7) is 2.82. The second kappa shape index (κ2) is 10.1. The van der Waals surface area contributed by atoms with Crippen molar-refractivity contribution in [1.82, 2.24) is 9.80 Å². The van der Waals surface area contributed by atoms with Crippen LogP contribution in [0.5, 0.6) is 23.0 Å². The number of nitrogens with zero attached hydrogens (tertiary/aromatic N) is 3.